The minimum atomic E-state index is -0.760. The second-order valence-electron chi connectivity index (χ2n) is 18.6. The third kappa shape index (κ3) is 47.3. The minimum Gasteiger partial charge on any atom is -0.462 e. The van der Waals surface area contributed by atoms with E-state index in [0.717, 1.165) is 63.7 Å². The standard InChI is InChI=1S/C53H102O6/c1-5-7-9-11-13-15-17-18-21-25-28-32-36-40-44-51(54)57-47-50(59-53(56)46-42-38-34-30-23-16-14-12-10-8-6-2)48-58-52(55)45-41-37-33-29-26-22-19-20-24-27-31-35-39-43-49(3)4/h49-50H,5-48H2,1-4H3/t50-/m0/s1. The van der Waals surface area contributed by atoms with E-state index < -0.39 is 6.10 Å². The molecular weight excluding hydrogens is 733 g/mol. The van der Waals surface area contributed by atoms with Crippen molar-refractivity contribution < 1.29 is 28.6 Å². The number of carbonyl (C=O) groups is 3. The average molecular weight is 835 g/mol. The second-order valence-corrected chi connectivity index (χ2v) is 18.6. The molecule has 0 fully saturated rings. The van der Waals surface area contributed by atoms with Crippen molar-refractivity contribution in [2.24, 2.45) is 5.92 Å². The van der Waals surface area contributed by atoms with Crippen molar-refractivity contribution in [2.45, 2.75) is 303 Å². The average Bonchev–Trinajstić information content (AvgIpc) is 3.22. The molecule has 0 spiro atoms. The Balaban J connectivity index is 4.28. The number of hydrogen-bond acceptors (Lipinski definition) is 6. The number of carbonyl (C=O) groups excluding carboxylic acids is 3. The maximum absolute atomic E-state index is 12.8. The van der Waals surface area contributed by atoms with Gasteiger partial charge in [0.25, 0.3) is 0 Å². The first-order valence-electron chi connectivity index (χ1n) is 26.4. The number of rotatable bonds is 48. The van der Waals surface area contributed by atoms with Gasteiger partial charge >= 0.3 is 17.9 Å². The molecule has 0 aliphatic heterocycles. The fourth-order valence-corrected chi connectivity index (χ4v) is 8.04. The molecule has 6 nitrogen and oxygen atoms in total. The highest BCUT2D eigenvalue weighted by atomic mass is 16.6. The molecule has 0 aromatic rings. The predicted molar refractivity (Wildman–Crippen MR) is 252 cm³/mol. The van der Waals surface area contributed by atoms with Gasteiger partial charge < -0.3 is 14.2 Å². The van der Waals surface area contributed by atoms with Crippen LogP contribution in [0.2, 0.25) is 0 Å². The molecule has 0 heterocycles. The summed E-state index contributed by atoms with van der Waals surface area (Å²) in [5.41, 5.74) is 0. The molecule has 1 atom stereocenters. The first-order valence-corrected chi connectivity index (χ1v) is 26.4. The van der Waals surface area contributed by atoms with Crippen LogP contribution in [-0.4, -0.2) is 37.2 Å². The third-order valence-corrected chi connectivity index (χ3v) is 12.0. The first kappa shape index (κ1) is 57.4. The second kappa shape index (κ2) is 47.5. The summed E-state index contributed by atoms with van der Waals surface area (Å²) >= 11 is 0. The Labute approximate surface area is 368 Å². The van der Waals surface area contributed by atoms with Gasteiger partial charge in [0.15, 0.2) is 6.10 Å². The van der Waals surface area contributed by atoms with Crippen molar-refractivity contribution in [3.63, 3.8) is 0 Å². The van der Waals surface area contributed by atoms with Crippen molar-refractivity contribution in [1.82, 2.24) is 0 Å². The van der Waals surface area contributed by atoms with Gasteiger partial charge in [0.2, 0.25) is 0 Å². The van der Waals surface area contributed by atoms with Gasteiger partial charge in [-0.1, -0.05) is 259 Å². The molecule has 59 heavy (non-hydrogen) atoms. The molecule has 0 rings (SSSR count). The minimum absolute atomic E-state index is 0.0625. The van der Waals surface area contributed by atoms with Crippen LogP contribution in [0.5, 0.6) is 0 Å². The number of hydrogen-bond donors (Lipinski definition) is 0. The van der Waals surface area contributed by atoms with Crippen molar-refractivity contribution in [1.29, 1.82) is 0 Å². The van der Waals surface area contributed by atoms with Crippen LogP contribution in [0.15, 0.2) is 0 Å². The Hall–Kier alpha value is -1.59. The maximum Gasteiger partial charge on any atom is 0.306 e. The summed E-state index contributed by atoms with van der Waals surface area (Å²) in [4.78, 5) is 37.9. The van der Waals surface area contributed by atoms with E-state index in [1.54, 1.807) is 0 Å². The molecule has 0 radical (unpaired) electrons. The lowest BCUT2D eigenvalue weighted by atomic mass is 10.0. The maximum atomic E-state index is 12.8. The smallest absolute Gasteiger partial charge is 0.306 e. The zero-order valence-electron chi connectivity index (χ0n) is 40.2. The van der Waals surface area contributed by atoms with E-state index in [4.69, 9.17) is 14.2 Å². The first-order chi connectivity index (χ1) is 28.9. The fourth-order valence-electron chi connectivity index (χ4n) is 8.04. The van der Waals surface area contributed by atoms with Crippen LogP contribution in [0.1, 0.15) is 297 Å². The van der Waals surface area contributed by atoms with Crippen LogP contribution >= 0.6 is 0 Å². The van der Waals surface area contributed by atoms with E-state index in [-0.39, 0.29) is 31.1 Å². The Bertz CT molecular complexity index is 887. The SMILES string of the molecule is CCCCCCCCCCCCCCCCC(=O)OC[C@@H](COC(=O)CCCCCCCCCCCCCCCC(C)C)OC(=O)CCCCCCCCCCCCC. The van der Waals surface area contributed by atoms with Crippen molar-refractivity contribution in [2.75, 3.05) is 13.2 Å². The van der Waals surface area contributed by atoms with Crippen molar-refractivity contribution >= 4 is 17.9 Å². The summed E-state index contributed by atoms with van der Waals surface area (Å²) in [6, 6.07) is 0. The zero-order chi connectivity index (χ0) is 43.1. The third-order valence-electron chi connectivity index (χ3n) is 12.0. The van der Waals surface area contributed by atoms with Gasteiger partial charge in [-0.3, -0.25) is 14.4 Å². The topological polar surface area (TPSA) is 78.9 Å². The van der Waals surface area contributed by atoms with Gasteiger partial charge in [-0.2, -0.15) is 0 Å². The normalized spacial score (nSPS) is 11.9. The molecule has 0 unspecified atom stereocenters. The molecule has 0 amide bonds. The molecule has 350 valence electrons. The van der Waals surface area contributed by atoms with Gasteiger partial charge in [0, 0.05) is 19.3 Å². The zero-order valence-corrected chi connectivity index (χ0v) is 40.2. The van der Waals surface area contributed by atoms with Crippen molar-refractivity contribution in [3.05, 3.63) is 0 Å². The molecule has 0 aromatic heterocycles. The van der Waals surface area contributed by atoms with Gasteiger partial charge in [0.05, 0.1) is 0 Å². The summed E-state index contributed by atoms with van der Waals surface area (Å²) in [5, 5.41) is 0. The summed E-state index contributed by atoms with van der Waals surface area (Å²) in [7, 11) is 0. The Kier molecular flexibility index (Phi) is 46.2. The van der Waals surface area contributed by atoms with Gasteiger partial charge in [-0.05, 0) is 25.2 Å². The Morgan fingerprint density at radius 1 is 0.322 bits per heavy atom. The molecular formula is C53H102O6. The molecule has 0 bridgehead atoms. The molecule has 6 heteroatoms. The van der Waals surface area contributed by atoms with Crippen LogP contribution in [0.4, 0.5) is 0 Å². The van der Waals surface area contributed by atoms with Crippen LogP contribution in [0.25, 0.3) is 0 Å². The van der Waals surface area contributed by atoms with E-state index in [9.17, 15) is 14.4 Å². The van der Waals surface area contributed by atoms with Crippen LogP contribution < -0.4 is 0 Å². The van der Waals surface area contributed by atoms with Crippen molar-refractivity contribution in [3.8, 4) is 0 Å². The van der Waals surface area contributed by atoms with Gasteiger partial charge in [-0.15, -0.1) is 0 Å². The highest BCUT2D eigenvalue weighted by Gasteiger charge is 2.19. The molecule has 0 saturated heterocycles. The Morgan fingerprint density at radius 3 is 0.831 bits per heavy atom. The Morgan fingerprint density at radius 2 is 0.559 bits per heavy atom. The molecule has 0 aliphatic rings. The summed E-state index contributed by atoms with van der Waals surface area (Å²) in [5.74, 6) is -0.00313. The van der Waals surface area contributed by atoms with E-state index in [2.05, 4.69) is 27.7 Å². The van der Waals surface area contributed by atoms with Crippen LogP contribution in [0, 0.1) is 5.92 Å². The lowest BCUT2D eigenvalue weighted by Crippen LogP contribution is -2.30. The number of esters is 3. The van der Waals surface area contributed by atoms with E-state index >= 15 is 0 Å². The molecule has 0 N–H and O–H groups in total. The van der Waals surface area contributed by atoms with Crippen LogP contribution in [-0.2, 0) is 28.6 Å². The van der Waals surface area contributed by atoms with Gasteiger partial charge in [0.1, 0.15) is 13.2 Å². The van der Waals surface area contributed by atoms with E-state index in [1.165, 1.54) is 193 Å². The predicted octanol–water partition coefficient (Wildman–Crippen LogP) is 17.1. The fraction of sp³-hybridized carbons (Fsp3) is 0.943. The monoisotopic (exact) mass is 835 g/mol. The highest BCUT2D eigenvalue weighted by molar-refractivity contribution is 5.71. The van der Waals surface area contributed by atoms with Gasteiger partial charge in [-0.25, -0.2) is 0 Å². The lowest BCUT2D eigenvalue weighted by Gasteiger charge is -2.18. The van der Waals surface area contributed by atoms with E-state index in [0.29, 0.717) is 19.3 Å². The molecule has 0 saturated carbocycles. The largest absolute Gasteiger partial charge is 0.462 e. The molecule has 0 aliphatic carbocycles. The quantitative estimate of drug-likeness (QED) is 0.0345. The van der Waals surface area contributed by atoms with E-state index in [1.807, 2.05) is 0 Å². The number of ether oxygens (including phenoxy) is 3. The van der Waals surface area contributed by atoms with Crippen LogP contribution in [0.3, 0.4) is 0 Å². The summed E-state index contributed by atoms with van der Waals surface area (Å²) in [6.07, 6.45) is 49.4. The number of unbranched alkanes of at least 4 members (excludes halogenated alkanes) is 35. The summed E-state index contributed by atoms with van der Waals surface area (Å²) in [6.45, 7) is 9.03. The lowest BCUT2D eigenvalue weighted by molar-refractivity contribution is -0.167. The molecule has 0 aromatic carbocycles. The highest BCUT2D eigenvalue weighted by Crippen LogP contribution is 2.17. The summed E-state index contributed by atoms with van der Waals surface area (Å²) < 4.78 is 16.8.